The Balaban J connectivity index is 1.91. The number of fused-ring (bicyclic) bond motifs is 1. The molecule has 128 valence electrons. The second-order valence-corrected chi connectivity index (χ2v) is 7.51. The van der Waals surface area contributed by atoms with E-state index in [4.69, 9.17) is 16.9 Å². The summed E-state index contributed by atoms with van der Waals surface area (Å²) in [5, 5.41) is 19.8. The highest BCUT2D eigenvalue weighted by Gasteiger charge is 2.50. The molecule has 2 aromatic rings. The summed E-state index contributed by atoms with van der Waals surface area (Å²) < 4.78 is 0.478. The van der Waals surface area contributed by atoms with Gasteiger partial charge in [0.05, 0.1) is 27.4 Å². The lowest BCUT2D eigenvalue weighted by Gasteiger charge is -2.22. The van der Waals surface area contributed by atoms with E-state index in [0.29, 0.717) is 39.9 Å². The van der Waals surface area contributed by atoms with Crippen LogP contribution in [0.5, 0.6) is 0 Å². The van der Waals surface area contributed by atoms with Crippen molar-refractivity contribution in [3.63, 3.8) is 0 Å². The van der Waals surface area contributed by atoms with E-state index in [1.165, 1.54) is 4.90 Å². The number of unbranched alkanes of at least 4 members (excludes halogenated alkanes) is 1. The fourth-order valence-electron chi connectivity index (χ4n) is 3.00. The maximum atomic E-state index is 12.9. The number of anilines is 1. The molecular weight excluding hydrogens is 360 g/mol. The number of halogens is 1. The van der Waals surface area contributed by atoms with E-state index in [2.05, 4.69) is 0 Å². The van der Waals surface area contributed by atoms with Gasteiger partial charge in [0.2, 0.25) is 0 Å². The van der Waals surface area contributed by atoms with Crippen molar-refractivity contribution < 1.29 is 14.7 Å². The first-order chi connectivity index (χ1) is 12.0. The Morgan fingerprint density at radius 1 is 1.32 bits per heavy atom. The number of ketones is 1. The van der Waals surface area contributed by atoms with Crippen molar-refractivity contribution in [1.29, 1.82) is 5.26 Å². The molecule has 0 spiro atoms. The Bertz CT molecular complexity index is 873. The zero-order valence-electron chi connectivity index (χ0n) is 13.2. The van der Waals surface area contributed by atoms with Crippen LogP contribution in [0, 0.1) is 11.3 Å². The quantitative estimate of drug-likeness (QED) is 0.619. The van der Waals surface area contributed by atoms with Gasteiger partial charge in [-0.25, -0.2) is 0 Å². The van der Waals surface area contributed by atoms with E-state index in [0.717, 1.165) is 11.3 Å². The molecule has 1 aliphatic heterocycles. The molecule has 0 saturated carbocycles. The Hall–Kier alpha value is -2.20. The van der Waals surface area contributed by atoms with Gasteiger partial charge in [-0.05, 0) is 24.6 Å². The predicted molar refractivity (Wildman–Crippen MR) is 95.8 cm³/mol. The van der Waals surface area contributed by atoms with Gasteiger partial charge in [0.1, 0.15) is 0 Å². The minimum Gasteiger partial charge on any atom is -0.375 e. The molecule has 0 radical (unpaired) electrons. The number of amides is 1. The zero-order valence-corrected chi connectivity index (χ0v) is 14.8. The van der Waals surface area contributed by atoms with Crippen molar-refractivity contribution in [2.24, 2.45) is 0 Å². The van der Waals surface area contributed by atoms with Gasteiger partial charge in [-0.3, -0.25) is 9.59 Å². The van der Waals surface area contributed by atoms with Crippen molar-refractivity contribution in [2.45, 2.75) is 24.9 Å². The summed E-state index contributed by atoms with van der Waals surface area (Å²) in [6, 6.07) is 12.1. The average Bonchev–Trinajstić information content (AvgIpc) is 3.12. The topological polar surface area (TPSA) is 81.4 Å². The summed E-state index contributed by atoms with van der Waals surface area (Å²) in [6.45, 7) is 0.324. The fourth-order valence-corrected chi connectivity index (χ4v) is 3.98. The van der Waals surface area contributed by atoms with Crippen LogP contribution in [0.3, 0.4) is 0 Å². The van der Waals surface area contributed by atoms with Crippen LogP contribution in [0.1, 0.15) is 34.5 Å². The van der Waals surface area contributed by atoms with Gasteiger partial charge in [-0.2, -0.15) is 5.26 Å². The number of carbonyl (C=O) groups is 2. The third-order valence-corrected chi connectivity index (χ3v) is 5.45. The smallest absolute Gasteiger partial charge is 0.264 e. The molecule has 0 aliphatic carbocycles. The van der Waals surface area contributed by atoms with Gasteiger partial charge in [0, 0.05) is 18.5 Å². The number of carbonyl (C=O) groups excluding carboxylic acids is 2. The lowest BCUT2D eigenvalue weighted by Crippen LogP contribution is -2.42. The van der Waals surface area contributed by atoms with Crippen LogP contribution in [0.15, 0.2) is 36.4 Å². The molecule has 1 amide bonds. The first-order valence-electron chi connectivity index (χ1n) is 7.76. The predicted octanol–water partition coefficient (Wildman–Crippen LogP) is 3.51. The van der Waals surface area contributed by atoms with Gasteiger partial charge >= 0.3 is 0 Å². The zero-order chi connectivity index (χ0) is 18.0. The number of aliphatic hydroxyl groups is 1. The van der Waals surface area contributed by atoms with Crippen molar-refractivity contribution >= 4 is 40.3 Å². The molecule has 0 saturated heterocycles. The Labute approximate surface area is 154 Å². The first kappa shape index (κ1) is 17.6. The minimum atomic E-state index is -1.89. The number of para-hydroxylation sites is 1. The summed E-state index contributed by atoms with van der Waals surface area (Å²) in [7, 11) is 0. The molecule has 1 N–H and O–H groups in total. The van der Waals surface area contributed by atoms with Crippen LogP contribution < -0.4 is 4.90 Å². The van der Waals surface area contributed by atoms with E-state index >= 15 is 0 Å². The van der Waals surface area contributed by atoms with Crippen LogP contribution in [-0.2, 0) is 10.4 Å². The summed E-state index contributed by atoms with van der Waals surface area (Å²) in [5.74, 6) is -0.857. The largest absolute Gasteiger partial charge is 0.375 e. The number of thiophene rings is 1. The molecular formula is C18H15ClN2O3S. The second kappa shape index (κ2) is 6.96. The van der Waals surface area contributed by atoms with Gasteiger partial charge in [0.15, 0.2) is 11.4 Å². The standard InChI is InChI=1S/C18H15ClN2O3S/c19-16-8-7-15(25-16)14(22)11-18(24)12-5-1-2-6-13(12)21(17(18)23)10-4-3-9-20/h1-2,5-8,24H,3-4,10-11H2. The highest BCUT2D eigenvalue weighted by Crippen LogP contribution is 2.43. The molecule has 1 atom stereocenters. The van der Waals surface area contributed by atoms with Crippen molar-refractivity contribution in [3.8, 4) is 6.07 Å². The van der Waals surface area contributed by atoms with E-state index < -0.39 is 11.5 Å². The average molecular weight is 375 g/mol. The summed E-state index contributed by atoms with van der Waals surface area (Å²) in [6.07, 6.45) is 0.479. The van der Waals surface area contributed by atoms with Crippen LogP contribution in [0.25, 0.3) is 0 Å². The summed E-state index contributed by atoms with van der Waals surface area (Å²) in [4.78, 5) is 27.3. The van der Waals surface area contributed by atoms with E-state index in [-0.39, 0.29) is 12.2 Å². The fraction of sp³-hybridized carbons (Fsp3) is 0.278. The maximum Gasteiger partial charge on any atom is 0.264 e. The van der Waals surface area contributed by atoms with Crippen LogP contribution in [-0.4, -0.2) is 23.3 Å². The molecule has 1 unspecified atom stereocenters. The lowest BCUT2D eigenvalue weighted by atomic mass is 9.89. The third-order valence-electron chi connectivity index (χ3n) is 4.17. The third kappa shape index (κ3) is 3.19. The van der Waals surface area contributed by atoms with Crippen LogP contribution in [0.2, 0.25) is 4.34 Å². The Morgan fingerprint density at radius 2 is 2.08 bits per heavy atom. The lowest BCUT2D eigenvalue weighted by molar-refractivity contribution is -0.135. The van der Waals surface area contributed by atoms with E-state index in [1.807, 2.05) is 6.07 Å². The monoisotopic (exact) mass is 374 g/mol. The van der Waals surface area contributed by atoms with Crippen molar-refractivity contribution in [3.05, 3.63) is 51.2 Å². The van der Waals surface area contributed by atoms with Crippen LogP contribution in [0.4, 0.5) is 5.69 Å². The number of Topliss-reactive ketones (excluding diaryl/α,β-unsaturated/α-hetero) is 1. The SMILES string of the molecule is N#CCCCN1C(=O)C(O)(CC(=O)c2ccc(Cl)s2)c2ccccc21. The molecule has 7 heteroatoms. The summed E-state index contributed by atoms with van der Waals surface area (Å²) in [5.41, 5.74) is -0.880. The highest BCUT2D eigenvalue weighted by molar-refractivity contribution is 7.18. The molecule has 1 aliphatic rings. The summed E-state index contributed by atoms with van der Waals surface area (Å²) >= 11 is 6.98. The second-order valence-electron chi connectivity index (χ2n) is 5.80. The normalized spacial score (nSPS) is 18.9. The molecule has 1 aromatic carbocycles. The van der Waals surface area contributed by atoms with Crippen molar-refractivity contribution in [1.82, 2.24) is 0 Å². The number of rotatable bonds is 6. The minimum absolute atomic E-state index is 0.316. The maximum absolute atomic E-state index is 12.9. The van der Waals surface area contributed by atoms with Gasteiger partial charge in [0.25, 0.3) is 5.91 Å². The molecule has 2 heterocycles. The molecule has 0 bridgehead atoms. The number of nitriles is 1. The Morgan fingerprint density at radius 3 is 2.76 bits per heavy atom. The number of nitrogens with zero attached hydrogens (tertiary/aromatic N) is 2. The van der Waals surface area contributed by atoms with Gasteiger partial charge < -0.3 is 10.0 Å². The molecule has 3 rings (SSSR count). The van der Waals surface area contributed by atoms with E-state index in [9.17, 15) is 14.7 Å². The number of hydrogen-bond donors (Lipinski definition) is 1. The number of benzene rings is 1. The van der Waals surface area contributed by atoms with Gasteiger partial charge in [-0.15, -0.1) is 11.3 Å². The Kier molecular flexibility index (Phi) is 4.91. The van der Waals surface area contributed by atoms with Crippen molar-refractivity contribution in [2.75, 3.05) is 11.4 Å². The molecule has 0 fully saturated rings. The highest BCUT2D eigenvalue weighted by atomic mass is 35.5. The van der Waals surface area contributed by atoms with Gasteiger partial charge in [-0.1, -0.05) is 29.8 Å². The molecule has 5 nitrogen and oxygen atoms in total. The first-order valence-corrected chi connectivity index (χ1v) is 8.96. The van der Waals surface area contributed by atoms with E-state index in [1.54, 1.807) is 36.4 Å². The number of hydrogen-bond acceptors (Lipinski definition) is 5. The van der Waals surface area contributed by atoms with Crippen LogP contribution >= 0.6 is 22.9 Å². The molecule has 1 aromatic heterocycles. The molecule has 25 heavy (non-hydrogen) atoms.